The van der Waals surface area contributed by atoms with Crippen LogP contribution in [0.5, 0.6) is 0 Å². The third kappa shape index (κ3) is 2.79. The molecule has 0 aliphatic heterocycles. The lowest BCUT2D eigenvalue weighted by Gasteiger charge is -2.19. The molecule has 1 rings (SSSR count). The van der Waals surface area contributed by atoms with Gasteiger partial charge in [0.2, 0.25) is 0 Å². The highest BCUT2D eigenvalue weighted by molar-refractivity contribution is 5.32. The quantitative estimate of drug-likeness (QED) is 0.747. The minimum Gasteiger partial charge on any atom is -0.394 e. The second-order valence-corrected chi connectivity index (χ2v) is 3.87. The van der Waals surface area contributed by atoms with E-state index in [1.807, 2.05) is 13.8 Å². The van der Waals surface area contributed by atoms with Gasteiger partial charge >= 0.3 is 0 Å². The first-order chi connectivity index (χ1) is 7.06. The molecule has 0 bridgehead atoms. The van der Waals surface area contributed by atoms with Crippen LogP contribution in [0.2, 0.25) is 0 Å². The molecule has 1 aromatic rings. The smallest absolute Gasteiger partial charge is 0.293 e. The summed E-state index contributed by atoms with van der Waals surface area (Å²) in [7, 11) is 1.67. The van der Waals surface area contributed by atoms with Crippen LogP contribution >= 0.6 is 0 Å². The Hall–Kier alpha value is -1.36. The molecule has 0 spiro atoms. The number of rotatable bonds is 4. The number of nitrogens with one attached hydrogen (secondary N) is 1. The van der Waals surface area contributed by atoms with Crippen LogP contribution in [0.4, 0.5) is 5.82 Å². The Morgan fingerprint density at radius 3 is 2.80 bits per heavy atom. The van der Waals surface area contributed by atoms with Gasteiger partial charge in [-0.25, -0.2) is 4.98 Å². The first-order valence-electron chi connectivity index (χ1n) is 4.95. The van der Waals surface area contributed by atoms with E-state index in [0.717, 1.165) is 0 Å². The maximum Gasteiger partial charge on any atom is 0.293 e. The van der Waals surface area contributed by atoms with Gasteiger partial charge in [0.1, 0.15) is 0 Å². The van der Waals surface area contributed by atoms with Crippen LogP contribution in [-0.4, -0.2) is 27.3 Å². The molecule has 0 aliphatic rings. The van der Waals surface area contributed by atoms with Gasteiger partial charge < -0.3 is 15.0 Å². The third-order valence-electron chi connectivity index (χ3n) is 2.34. The van der Waals surface area contributed by atoms with E-state index in [4.69, 9.17) is 5.11 Å². The van der Waals surface area contributed by atoms with E-state index in [0.29, 0.717) is 0 Å². The molecule has 5 heteroatoms. The average Bonchev–Trinajstić information content (AvgIpc) is 2.19. The monoisotopic (exact) mass is 211 g/mol. The lowest BCUT2D eigenvalue weighted by Crippen LogP contribution is -2.34. The van der Waals surface area contributed by atoms with Gasteiger partial charge in [-0.1, -0.05) is 13.8 Å². The van der Waals surface area contributed by atoms with E-state index in [1.165, 1.54) is 4.57 Å². The number of anilines is 1. The molecule has 5 nitrogen and oxygen atoms in total. The maximum atomic E-state index is 11.6. The molecule has 1 aromatic heterocycles. The van der Waals surface area contributed by atoms with Crippen molar-refractivity contribution in [1.29, 1.82) is 0 Å². The molecule has 0 amide bonds. The topological polar surface area (TPSA) is 67.2 Å². The zero-order chi connectivity index (χ0) is 11.4. The zero-order valence-electron chi connectivity index (χ0n) is 9.27. The highest BCUT2D eigenvalue weighted by atomic mass is 16.3. The molecule has 0 aromatic carbocycles. The molecule has 1 heterocycles. The first-order valence-corrected chi connectivity index (χ1v) is 4.95. The first kappa shape index (κ1) is 11.7. The summed E-state index contributed by atoms with van der Waals surface area (Å²) >= 11 is 0. The van der Waals surface area contributed by atoms with Crippen LogP contribution in [0.3, 0.4) is 0 Å². The lowest BCUT2D eigenvalue weighted by molar-refractivity contribution is 0.249. The normalized spacial score (nSPS) is 12.9. The number of nitrogens with zero attached hydrogens (tertiary/aromatic N) is 2. The highest BCUT2D eigenvalue weighted by Gasteiger charge is 2.14. The number of aryl methyl sites for hydroxylation is 1. The van der Waals surface area contributed by atoms with E-state index in [1.54, 1.807) is 19.4 Å². The molecule has 15 heavy (non-hydrogen) atoms. The Kier molecular flexibility index (Phi) is 3.85. The summed E-state index contributed by atoms with van der Waals surface area (Å²) in [6, 6.07) is -0.146. The van der Waals surface area contributed by atoms with E-state index in [2.05, 4.69) is 10.3 Å². The van der Waals surface area contributed by atoms with Gasteiger partial charge in [-0.05, 0) is 5.92 Å². The van der Waals surface area contributed by atoms with Gasteiger partial charge in [0.05, 0.1) is 12.6 Å². The summed E-state index contributed by atoms with van der Waals surface area (Å²) in [6.45, 7) is 3.93. The predicted octanol–water partition coefficient (Wildman–Crippen LogP) is 0.209. The van der Waals surface area contributed by atoms with Gasteiger partial charge in [0, 0.05) is 19.4 Å². The van der Waals surface area contributed by atoms with Crippen molar-refractivity contribution in [2.45, 2.75) is 19.9 Å². The van der Waals surface area contributed by atoms with Crippen LogP contribution in [-0.2, 0) is 7.05 Å². The molecule has 0 radical (unpaired) electrons. The number of aliphatic hydroxyl groups is 1. The average molecular weight is 211 g/mol. The summed E-state index contributed by atoms with van der Waals surface area (Å²) < 4.78 is 1.45. The largest absolute Gasteiger partial charge is 0.394 e. The molecular weight excluding hydrogens is 194 g/mol. The van der Waals surface area contributed by atoms with E-state index >= 15 is 0 Å². The van der Waals surface area contributed by atoms with Crippen LogP contribution in [0.25, 0.3) is 0 Å². The molecule has 0 unspecified atom stereocenters. The second kappa shape index (κ2) is 4.93. The minimum atomic E-state index is -0.184. The summed E-state index contributed by atoms with van der Waals surface area (Å²) in [5.74, 6) is 0.523. The number of aromatic nitrogens is 2. The Labute approximate surface area is 88.8 Å². The summed E-state index contributed by atoms with van der Waals surface area (Å²) in [5.41, 5.74) is -0.184. The molecule has 0 saturated heterocycles. The Bertz CT molecular complexity index is 373. The van der Waals surface area contributed by atoms with Gasteiger partial charge in [0.15, 0.2) is 5.82 Å². The molecule has 0 fully saturated rings. The Balaban J connectivity index is 2.89. The number of aliphatic hydroxyl groups excluding tert-OH is 1. The van der Waals surface area contributed by atoms with Crippen LogP contribution < -0.4 is 10.9 Å². The fraction of sp³-hybridized carbons (Fsp3) is 0.600. The third-order valence-corrected chi connectivity index (χ3v) is 2.34. The van der Waals surface area contributed by atoms with Crippen LogP contribution in [0.15, 0.2) is 17.2 Å². The van der Waals surface area contributed by atoms with Gasteiger partial charge in [-0.15, -0.1) is 0 Å². The fourth-order valence-electron chi connectivity index (χ4n) is 1.20. The molecule has 0 aliphatic carbocycles. The van der Waals surface area contributed by atoms with E-state index in [-0.39, 0.29) is 29.9 Å². The number of hydrogen-bond acceptors (Lipinski definition) is 4. The van der Waals surface area contributed by atoms with Crippen molar-refractivity contribution >= 4 is 5.82 Å². The van der Waals surface area contributed by atoms with Crippen molar-refractivity contribution in [2.75, 3.05) is 11.9 Å². The van der Waals surface area contributed by atoms with Crippen molar-refractivity contribution in [2.24, 2.45) is 13.0 Å². The molecule has 0 saturated carbocycles. The number of hydrogen-bond donors (Lipinski definition) is 2. The van der Waals surface area contributed by atoms with E-state index in [9.17, 15) is 4.79 Å². The van der Waals surface area contributed by atoms with Crippen LogP contribution in [0.1, 0.15) is 13.8 Å². The van der Waals surface area contributed by atoms with E-state index < -0.39 is 0 Å². The summed E-state index contributed by atoms with van der Waals surface area (Å²) in [4.78, 5) is 15.6. The standard InChI is InChI=1S/C10H17N3O2/c1-7(2)8(6-14)12-9-10(15)13(3)5-4-11-9/h4-5,7-8,14H,6H2,1-3H3,(H,11,12)/t8-/m1/s1. The van der Waals surface area contributed by atoms with Gasteiger partial charge in [-0.2, -0.15) is 0 Å². The maximum absolute atomic E-state index is 11.6. The van der Waals surface area contributed by atoms with Crippen molar-refractivity contribution in [1.82, 2.24) is 9.55 Å². The fourth-order valence-corrected chi connectivity index (χ4v) is 1.20. The molecule has 84 valence electrons. The SMILES string of the molecule is CC(C)[C@@H](CO)Nc1nccn(C)c1=O. The van der Waals surface area contributed by atoms with Gasteiger partial charge in [-0.3, -0.25) is 4.79 Å². The van der Waals surface area contributed by atoms with Crippen molar-refractivity contribution in [3.8, 4) is 0 Å². The Morgan fingerprint density at radius 1 is 1.60 bits per heavy atom. The van der Waals surface area contributed by atoms with Crippen LogP contribution in [0, 0.1) is 5.92 Å². The molecule has 2 N–H and O–H groups in total. The minimum absolute atomic E-state index is 0.0165. The van der Waals surface area contributed by atoms with Crippen molar-refractivity contribution in [3.63, 3.8) is 0 Å². The lowest BCUT2D eigenvalue weighted by atomic mass is 10.1. The summed E-state index contributed by atoms with van der Waals surface area (Å²) in [6.07, 6.45) is 3.15. The molecule has 1 atom stereocenters. The Morgan fingerprint density at radius 2 is 2.27 bits per heavy atom. The predicted molar refractivity (Wildman–Crippen MR) is 58.8 cm³/mol. The molecular formula is C10H17N3O2. The zero-order valence-corrected chi connectivity index (χ0v) is 9.27. The second-order valence-electron chi connectivity index (χ2n) is 3.87. The van der Waals surface area contributed by atoms with Crippen molar-refractivity contribution < 1.29 is 5.11 Å². The van der Waals surface area contributed by atoms with Gasteiger partial charge in [0.25, 0.3) is 5.56 Å². The highest BCUT2D eigenvalue weighted by Crippen LogP contribution is 2.05. The van der Waals surface area contributed by atoms with Crippen molar-refractivity contribution in [3.05, 3.63) is 22.7 Å². The summed E-state index contributed by atoms with van der Waals surface area (Å²) in [5, 5.41) is 12.1.